The van der Waals surface area contributed by atoms with Crippen molar-refractivity contribution in [3.8, 4) is 5.75 Å². The number of hydrogen-bond donors (Lipinski definition) is 1. The van der Waals surface area contributed by atoms with Crippen molar-refractivity contribution in [1.29, 1.82) is 0 Å². The molecule has 0 aliphatic carbocycles. The van der Waals surface area contributed by atoms with Crippen LogP contribution in [0.3, 0.4) is 0 Å². The number of anilines is 1. The molecule has 0 saturated heterocycles. The Morgan fingerprint density at radius 2 is 1.90 bits per heavy atom. The molecule has 0 bridgehead atoms. The van der Waals surface area contributed by atoms with Gasteiger partial charge in [0.05, 0.1) is 0 Å². The third kappa shape index (κ3) is 3.36. The zero-order valence-corrected chi connectivity index (χ0v) is 11.4. The molecular formula is C17H15N2O2+. The van der Waals surface area contributed by atoms with Gasteiger partial charge in [-0.1, -0.05) is 30.3 Å². The van der Waals surface area contributed by atoms with Crippen LogP contribution in [0.4, 0.5) is 5.69 Å². The Labute approximate surface area is 122 Å². The molecule has 0 aliphatic heterocycles. The maximum absolute atomic E-state index is 11.8. The van der Waals surface area contributed by atoms with Crippen LogP contribution in [0.2, 0.25) is 0 Å². The van der Waals surface area contributed by atoms with E-state index >= 15 is 0 Å². The predicted octanol–water partition coefficient (Wildman–Crippen LogP) is 2.67. The zero-order valence-electron chi connectivity index (χ0n) is 11.4. The maximum Gasteiger partial charge on any atom is 0.262 e. The van der Waals surface area contributed by atoms with Gasteiger partial charge in [-0.2, -0.15) is 0 Å². The Kier molecular flexibility index (Phi) is 3.78. The van der Waals surface area contributed by atoms with Gasteiger partial charge in [0.1, 0.15) is 11.4 Å². The van der Waals surface area contributed by atoms with Gasteiger partial charge in [-0.3, -0.25) is 4.79 Å². The number of hydrogen-bond acceptors (Lipinski definition) is 2. The normalized spacial score (nSPS) is 10.3. The standard InChI is InChI=1S/C17H14N2O2/c20-17(19-15-6-3-9-18-11-15)12-21-16-8-7-13-4-1-2-5-14(13)10-16/h1-11H,12H2,(H,19,20)/p+1. The van der Waals surface area contributed by atoms with Gasteiger partial charge in [0, 0.05) is 6.07 Å². The fraction of sp³-hybridized carbons (Fsp3) is 0.0588. The van der Waals surface area contributed by atoms with E-state index in [4.69, 9.17) is 4.74 Å². The molecule has 0 radical (unpaired) electrons. The fourth-order valence-electron chi connectivity index (χ4n) is 2.07. The second-order valence-corrected chi connectivity index (χ2v) is 4.64. The summed E-state index contributed by atoms with van der Waals surface area (Å²) in [4.78, 5) is 14.7. The molecule has 2 aromatic carbocycles. The molecule has 0 saturated carbocycles. The van der Waals surface area contributed by atoms with Crippen molar-refractivity contribution >= 4 is 22.4 Å². The number of carbonyl (C=O) groups is 1. The van der Waals surface area contributed by atoms with E-state index in [2.05, 4.69) is 10.3 Å². The Bertz CT molecular complexity index is 757. The maximum atomic E-state index is 11.8. The number of aromatic amines is 1. The van der Waals surface area contributed by atoms with E-state index in [0.29, 0.717) is 11.4 Å². The van der Waals surface area contributed by atoms with Crippen LogP contribution in [-0.2, 0) is 4.79 Å². The van der Waals surface area contributed by atoms with Crippen molar-refractivity contribution in [3.63, 3.8) is 0 Å². The molecule has 104 valence electrons. The highest BCUT2D eigenvalue weighted by atomic mass is 16.5. The number of H-pyrrole nitrogens is 1. The van der Waals surface area contributed by atoms with E-state index < -0.39 is 0 Å². The summed E-state index contributed by atoms with van der Waals surface area (Å²) in [7, 11) is 0. The van der Waals surface area contributed by atoms with Gasteiger partial charge in [0.2, 0.25) is 0 Å². The highest BCUT2D eigenvalue weighted by Gasteiger charge is 2.05. The van der Waals surface area contributed by atoms with Gasteiger partial charge in [0.25, 0.3) is 5.91 Å². The van der Waals surface area contributed by atoms with E-state index in [1.165, 1.54) is 0 Å². The largest absolute Gasteiger partial charge is 0.484 e. The smallest absolute Gasteiger partial charge is 0.262 e. The minimum atomic E-state index is -0.192. The first-order valence-corrected chi connectivity index (χ1v) is 6.69. The number of amides is 1. The molecule has 4 nitrogen and oxygen atoms in total. The SMILES string of the molecule is O=C(COc1ccc2ccccc2c1)Nc1ccc[nH+]c1. The van der Waals surface area contributed by atoms with E-state index in [9.17, 15) is 4.79 Å². The van der Waals surface area contributed by atoms with E-state index in [-0.39, 0.29) is 12.5 Å². The van der Waals surface area contributed by atoms with Crippen molar-refractivity contribution < 1.29 is 14.5 Å². The quantitative estimate of drug-likeness (QED) is 0.798. The van der Waals surface area contributed by atoms with E-state index in [1.807, 2.05) is 54.6 Å². The molecule has 0 unspecified atom stereocenters. The summed E-state index contributed by atoms with van der Waals surface area (Å²) in [5.74, 6) is 0.492. The monoisotopic (exact) mass is 279 g/mol. The van der Waals surface area contributed by atoms with Crippen molar-refractivity contribution in [2.75, 3.05) is 11.9 Å². The molecule has 1 aromatic heterocycles. The lowest BCUT2D eigenvalue weighted by atomic mass is 10.1. The van der Waals surface area contributed by atoms with Gasteiger partial charge in [0.15, 0.2) is 19.0 Å². The van der Waals surface area contributed by atoms with Crippen LogP contribution < -0.4 is 15.0 Å². The number of aromatic nitrogens is 1. The highest BCUT2D eigenvalue weighted by molar-refractivity contribution is 5.91. The van der Waals surface area contributed by atoms with Gasteiger partial charge < -0.3 is 10.1 Å². The number of fused-ring (bicyclic) bond motifs is 1. The Morgan fingerprint density at radius 3 is 2.71 bits per heavy atom. The number of carbonyl (C=O) groups excluding carboxylic acids is 1. The van der Waals surface area contributed by atoms with Crippen molar-refractivity contribution in [2.45, 2.75) is 0 Å². The molecule has 2 N–H and O–H groups in total. The topological polar surface area (TPSA) is 52.5 Å². The molecule has 0 aliphatic rings. The van der Waals surface area contributed by atoms with Crippen LogP contribution in [-0.4, -0.2) is 12.5 Å². The molecule has 21 heavy (non-hydrogen) atoms. The van der Waals surface area contributed by atoms with Crippen molar-refractivity contribution in [1.82, 2.24) is 0 Å². The lowest BCUT2D eigenvalue weighted by molar-refractivity contribution is -0.377. The number of rotatable bonds is 4. The summed E-state index contributed by atoms with van der Waals surface area (Å²) in [6.45, 7) is -0.0206. The number of benzene rings is 2. The van der Waals surface area contributed by atoms with Gasteiger partial charge in [-0.25, -0.2) is 4.98 Å². The molecule has 3 rings (SSSR count). The Balaban J connectivity index is 1.62. The molecule has 1 heterocycles. The second-order valence-electron chi connectivity index (χ2n) is 4.64. The van der Waals surface area contributed by atoms with Crippen LogP contribution in [0.1, 0.15) is 0 Å². The third-order valence-electron chi connectivity index (χ3n) is 3.08. The predicted molar refractivity (Wildman–Crippen MR) is 81.1 cm³/mol. The molecule has 1 amide bonds. The first-order valence-electron chi connectivity index (χ1n) is 6.69. The van der Waals surface area contributed by atoms with E-state index in [0.717, 1.165) is 10.8 Å². The lowest BCUT2D eigenvalue weighted by Gasteiger charge is -2.07. The summed E-state index contributed by atoms with van der Waals surface area (Å²) < 4.78 is 5.53. The van der Waals surface area contributed by atoms with Crippen LogP contribution in [0, 0.1) is 0 Å². The van der Waals surface area contributed by atoms with Crippen LogP contribution in [0.15, 0.2) is 67.0 Å². The van der Waals surface area contributed by atoms with Gasteiger partial charge in [-0.15, -0.1) is 0 Å². The van der Waals surface area contributed by atoms with Crippen LogP contribution in [0.5, 0.6) is 5.75 Å². The summed E-state index contributed by atoms with van der Waals surface area (Å²) in [6.07, 6.45) is 3.50. The van der Waals surface area contributed by atoms with Gasteiger partial charge >= 0.3 is 0 Å². The molecule has 4 heteroatoms. The molecule has 3 aromatic rings. The Morgan fingerprint density at radius 1 is 1.05 bits per heavy atom. The number of ether oxygens (including phenoxy) is 1. The molecule has 0 spiro atoms. The summed E-state index contributed by atoms with van der Waals surface area (Å²) in [5, 5.41) is 4.99. The molecular weight excluding hydrogens is 264 g/mol. The first kappa shape index (κ1) is 13.1. The summed E-state index contributed by atoms with van der Waals surface area (Å²) >= 11 is 0. The van der Waals surface area contributed by atoms with E-state index in [1.54, 1.807) is 12.4 Å². The van der Waals surface area contributed by atoms with Crippen LogP contribution in [0.25, 0.3) is 10.8 Å². The minimum Gasteiger partial charge on any atom is -0.484 e. The molecule has 0 atom stereocenters. The zero-order chi connectivity index (χ0) is 14.5. The first-order chi connectivity index (χ1) is 10.3. The summed E-state index contributed by atoms with van der Waals surface area (Å²) in [5.41, 5.74) is 0.713. The Hall–Kier alpha value is -2.88. The average Bonchev–Trinajstić information content (AvgIpc) is 2.54. The average molecular weight is 279 g/mol. The number of pyridine rings is 1. The molecule has 0 fully saturated rings. The fourth-order valence-corrected chi connectivity index (χ4v) is 2.07. The van der Waals surface area contributed by atoms with Gasteiger partial charge in [-0.05, 0) is 29.0 Å². The van der Waals surface area contributed by atoms with Crippen molar-refractivity contribution in [3.05, 3.63) is 67.0 Å². The highest BCUT2D eigenvalue weighted by Crippen LogP contribution is 2.20. The van der Waals surface area contributed by atoms with Crippen molar-refractivity contribution in [2.24, 2.45) is 0 Å². The second kappa shape index (κ2) is 6.05. The lowest BCUT2D eigenvalue weighted by Crippen LogP contribution is -2.21. The summed E-state index contributed by atoms with van der Waals surface area (Å²) in [6, 6.07) is 17.4. The number of nitrogens with one attached hydrogen (secondary N) is 2. The minimum absolute atomic E-state index is 0.0206. The third-order valence-corrected chi connectivity index (χ3v) is 3.08. The van der Waals surface area contributed by atoms with Crippen LogP contribution >= 0.6 is 0 Å².